The van der Waals surface area contributed by atoms with Gasteiger partial charge in [-0.3, -0.25) is 9.89 Å². The van der Waals surface area contributed by atoms with E-state index < -0.39 is 0 Å². The van der Waals surface area contributed by atoms with Crippen molar-refractivity contribution in [3.05, 3.63) is 47.9 Å². The number of benzene rings is 1. The van der Waals surface area contributed by atoms with Gasteiger partial charge in [-0.25, -0.2) is 4.39 Å². The molecule has 1 aromatic heterocycles. The topological polar surface area (TPSA) is 71.8 Å². The monoisotopic (exact) mass is 207 g/mol. The lowest BCUT2D eigenvalue weighted by Crippen LogP contribution is -1.81. The van der Waals surface area contributed by atoms with Crippen LogP contribution >= 0.6 is 0 Å². The number of carbonyl (C=O) groups is 1. The second kappa shape index (κ2) is 5.54. The Morgan fingerprint density at radius 3 is 2.27 bits per heavy atom. The van der Waals surface area contributed by atoms with Crippen LogP contribution in [0.25, 0.3) is 0 Å². The summed E-state index contributed by atoms with van der Waals surface area (Å²) in [7, 11) is 0. The lowest BCUT2D eigenvalue weighted by molar-refractivity contribution is 0.112. The Labute approximate surface area is 85.9 Å². The van der Waals surface area contributed by atoms with Gasteiger partial charge in [0.25, 0.3) is 0 Å². The van der Waals surface area contributed by atoms with E-state index in [4.69, 9.17) is 5.73 Å². The minimum absolute atomic E-state index is 0.319. The van der Waals surface area contributed by atoms with E-state index in [0.29, 0.717) is 17.7 Å². The van der Waals surface area contributed by atoms with Crippen molar-refractivity contribution in [2.24, 2.45) is 0 Å². The van der Waals surface area contributed by atoms with Crippen LogP contribution in [-0.4, -0.2) is 16.5 Å². The number of hydrogen-bond donors (Lipinski definition) is 2. The average Bonchev–Trinajstić information content (AvgIpc) is 2.71. The summed E-state index contributed by atoms with van der Waals surface area (Å²) in [5.41, 5.74) is 5.66. The van der Waals surface area contributed by atoms with E-state index in [1.807, 2.05) is 0 Å². The summed E-state index contributed by atoms with van der Waals surface area (Å²) in [5, 5.41) is 6.10. The molecule has 2 aromatic rings. The molecule has 0 amide bonds. The second-order valence-corrected chi connectivity index (χ2v) is 2.68. The fourth-order valence-electron chi connectivity index (χ4n) is 0.808. The highest BCUT2D eigenvalue weighted by atomic mass is 19.1. The lowest BCUT2D eigenvalue weighted by Gasteiger charge is -1.86. The highest BCUT2D eigenvalue weighted by Gasteiger charge is 1.87. The summed E-state index contributed by atoms with van der Waals surface area (Å²) in [5.74, 6) is 0.288. The number of carbonyl (C=O) groups excluding carboxylic acids is 1. The van der Waals surface area contributed by atoms with Crippen molar-refractivity contribution in [2.75, 3.05) is 5.73 Å². The molecule has 0 aliphatic heterocycles. The molecule has 0 unspecified atom stereocenters. The average molecular weight is 207 g/mol. The van der Waals surface area contributed by atoms with Crippen LogP contribution in [0.4, 0.5) is 10.2 Å². The maximum absolute atomic E-state index is 12.1. The minimum Gasteiger partial charge on any atom is -0.384 e. The highest BCUT2D eigenvalue weighted by molar-refractivity contribution is 5.74. The molecule has 5 heteroatoms. The first kappa shape index (κ1) is 10.9. The molecule has 15 heavy (non-hydrogen) atoms. The van der Waals surface area contributed by atoms with Crippen molar-refractivity contribution >= 4 is 12.1 Å². The highest BCUT2D eigenvalue weighted by Crippen LogP contribution is 1.98. The van der Waals surface area contributed by atoms with Gasteiger partial charge in [-0.05, 0) is 30.3 Å². The number of nitrogens with two attached hydrogens (primary N) is 1. The van der Waals surface area contributed by atoms with Gasteiger partial charge < -0.3 is 5.73 Å². The van der Waals surface area contributed by atoms with E-state index in [1.54, 1.807) is 12.3 Å². The number of anilines is 1. The number of rotatable bonds is 1. The molecule has 3 N–H and O–H groups in total. The van der Waals surface area contributed by atoms with Gasteiger partial charge in [0.2, 0.25) is 0 Å². The fourth-order valence-corrected chi connectivity index (χ4v) is 0.808. The number of H-pyrrole nitrogens is 1. The Morgan fingerprint density at radius 1 is 1.27 bits per heavy atom. The zero-order valence-electron chi connectivity index (χ0n) is 7.85. The SMILES string of the molecule is Nc1ccn[nH]1.O=Cc1ccc(F)cc1. The molecule has 0 radical (unpaired) electrons. The molecule has 0 atom stereocenters. The first-order valence-electron chi connectivity index (χ1n) is 4.18. The summed E-state index contributed by atoms with van der Waals surface area (Å²) >= 11 is 0. The normalized spacial score (nSPS) is 8.87. The van der Waals surface area contributed by atoms with Crippen LogP contribution in [0.5, 0.6) is 0 Å². The predicted molar refractivity (Wildman–Crippen MR) is 54.8 cm³/mol. The number of nitrogens with one attached hydrogen (secondary N) is 1. The Hall–Kier alpha value is -2.17. The van der Waals surface area contributed by atoms with Crippen molar-refractivity contribution in [3.8, 4) is 0 Å². The number of hydrogen-bond acceptors (Lipinski definition) is 3. The van der Waals surface area contributed by atoms with Crippen molar-refractivity contribution in [3.63, 3.8) is 0 Å². The third-order valence-corrected chi connectivity index (χ3v) is 1.53. The van der Waals surface area contributed by atoms with Crippen LogP contribution in [0.1, 0.15) is 10.4 Å². The van der Waals surface area contributed by atoms with Gasteiger partial charge >= 0.3 is 0 Å². The zero-order valence-corrected chi connectivity index (χ0v) is 7.85. The third kappa shape index (κ3) is 4.04. The molecule has 0 aliphatic carbocycles. The summed E-state index contributed by atoms with van der Waals surface area (Å²) in [6.45, 7) is 0. The predicted octanol–water partition coefficient (Wildman–Crippen LogP) is 1.63. The number of nitrogens with zero attached hydrogens (tertiary/aromatic N) is 1. The van der Waals surface area contributed by atoms with E-state index in [2.05, 4.69) is 10.2 Å². The lowest BCUT2D eigenvalue weighted by atomic mass is 10.2. The largest absolute Gasteiger partial charge is 0.384 e. The van der Waals surface area contributed by atoms with Crippen LogP contribution in [0.15, 0.2) is 36.5 Å². The molecule has 1 aromatic carbocycles. The van der Waals surface area contributed by atoms with Gasteiger partial charge in [-0.1, -0.05) is 0 Å². The molecule has 0 saturated carbocycles. The van der Waals surface area contributed by atoms with E-state index in [1.165, 1.54) is 24.3 Å². The summed E-state index contributed by atoms with van der Waals surface area (Å²) < 4.78 is 12.1. The Balaban J connectivity index is 0.000000162. The van der Waals surface area contributed by atoms with Crippen LogP contribution in [0.2, 0.25) is 0 Å². The van der Waals surface area contributed by atoms with E-state index in [0.717, 1.165) is 0 Å². The third-order valence-electron chi connectivity index (χ3n) is 1.53. The number of aromatic amines is 1. The quantitative estimate of drug-likeness (QED) is 0.698. The van der Waals surface area contributed by atoms with Crippen LogP contribution in [0, 0.1) is 5.82 Å². The Bertz CT molecular complexity index is 397. The number of aldehydes is 1. The molecule has 0 saturated heterocycles. The van der Waals surface area contributed by atoms with Crippen molar-refractivity contribution < 1.29 is 9.18 Å². The van der Waals surface area contributed by atoms with Crippen LogP contribution in [-0.2, 0) is 0 Å². The molecule has 0 aliphatic rings. The first-order chi connectivity index (χ1) is 7.22. The number of halogens is 1. The summed E-state index contributed by atoms with van der Waals surface area (Å²) in [4.78, 5) is 10.00. The standard InChI is InChI=1S/C7H5FO.C3H5N3/c8-7-3-1-6(5-9)2-4-7;4-3-1-2-5-6-3/h1-5H;1-2H,(H3,4,5,6). The molecule has 0 bridgehead atoms. The van der Waals surface area contributed by atoms with Gasteiger partial charge in [0.1, 0.15) is 17.9 Å². The second-order valence-electron chi connectivity index (χ2n) is 2.68. The van der Waals surface area contributed by atoms with Crippen molar-refractivity contribution in [1.29, 1.82) is 0 Å². The Kier molecular flexibility index (Phi) is 4.03. The summed E-state index contributed by atoms with van der Waals surface area (Å²) in [6.07, 6.45) is 2.29. The fraction of sp³-hybridized carbons (Fsp3) is 0. The van der Waals surface area contributed by atoms with Gasteiger partial charge in [-0.2, -0.15) is 5.10 Å². The summed E-state index contributed by atoms with van der Waals surface area (Å²) in [6, 6.07) is 7.07. The molecule has 2 rings (SSSR count). The zero-order chi connectivity index (χ0) is 11.1. The van der Waals surface area contributed by atoms with E-state index in [9.17, 15) is 9.18 Å². The molecule has 78 valence electrons. The van der Waals surface area contributed by atoms with Crippen molar-refractivity contribution in [1.82, 2.24) is 10.2 Å². The van der Waals surface area contributed by atoms with Gasteiger partial charge in [0.05, 0.1) is 6.20 Å². The molecular weight excluding hydrogens is 197 g/mol. The van der Waals surface area contributed by atoms with Crippen LogP contribution in [0.3, 0.4) is 0 Å². The molecule has 4 nitrogen and oxygen atoms in total. The maximum Gasteiger partial charge on any atom is 0.150 e. The van der Waals surface area contributed by atoms with Gasteiger partial charge in [0.15, 0.2) is 0 Å². The molecule has 0 spiro atoms. The molecule has 0 fully saturated rings. The number of nitrogen functional groups attached to an aromatic ring is 1. The van der Waals surface area contributed by atoms with Crippen molar-refractivity contribution in [2.45, 2.75) is 0 Å². The first-order valence-corrected chi connectivity index (χ1v) is 4.18. The van der Waals surface area contributed by atoms with Crippen LogP contribution < -0.4 is 5.73 Å². The van der Waals surface area contributed by atoms with Gasteiger partial charge in [0, 0.05) is 5.56 Å². The Morgan fingerprint density at radius 2 is 1.93 bits per heavy atom. The minimum atomic E-state index is -0.319. The van der Waals surface area contributed by atoms with E-state index in [-0.39, 0.29) is 5.82 Å². The molecule has 1 heterocycles. The van der Waals surface area contributed by atoms with Gasteiger partial charge in [-0.15, -0.1) is 0 Å². The van der Waals surface area contributed by atoms with E-state index >= 15 is 0 Å². The number of aromatic nitrogens is 2. The smallest absolute Gasteiger partial charge is 0.150 e. The maximum atomic E-state index is 12.1. The molecular formula is C10H10FN3O.